The number of hydrogen-bond donors (Lipinski definition) is 1. The monoisotopic (exact) mass is 483 g/mol. The predicted molar refractivity (Wildman–Crippen MR) is 107 cm³/mol. The summed E-state index contributed by atoms with van der Waals surface area (Å²) >= 11 is 12.1. The van der Waals surface area contributed by atoms with Gasteiger partial charge in [-0.2, -0.15) is 8.78 Å². The summed E-state index contributed by atoms with van der Waals surface area (Å²) in [7, 11) is -4.91. The minimum atomic E-state index is -4.91. The molecule has 1 N–H and O–H groups in total. The fourth-order valence-corrected chi connectivity index (χ4v) is 4.56. The van der Waals surface area contributed by atoms with Crippen LogP contribution < -0.4 is 10.1 Å². The van der Waals surface area contributed by atoms with Gasteiger partial charge in [0.2, 0.25) is 9.84 Å². The van der Waals surface area contributed by atoms with Crippen LogP contribution >= 0.6 is 23.2 Å². The van der Waals surface area contributed by atoms with Gasteiger partial charge in [0.05, 0.1) is 16.5 Å². The average molecular weight is 484 g/mol. The number of nitrogens with one attached hydrogen (secondary N) is 1. The molecule has 0 aromatic heterocycles. The van der Waals surface area contributed by atoms with E-state index in [9.17, 15) is 21.6 Å². The molecule has 0 bridgehead atoms. The Bertz CT molecular complexity index is 995. The maximum Gasteiger partial charge on any atom is 0.341 e. The minimum absolute atomic E-state index is 0.0194. The van der Waals surface area contributed by atoms with E-state index in [0.717, 1.165) is 37.1 Å². The molecule has 5 nitrogen and oxygen atoms in total. The van der Waals surface area contributed by atoms with Crippen molar-refractivity contribution in [3.05, 3.63) is 51.8 Å². The van der Waals surface area contributed by atoms with Crippen LogP contribution in [0.15, 0.2) is 35.2 Å². The molecule has 1 aliphatic heterocycles. The Balaban J connectivity index is 1.97. The van der Waals surface area contributed by atoms with E-state index in [1.165, 1.54) is 6.07 Å². The van der Waals surface area contributed by atoms with Crippen LogP contribution in [0.3, 0.4) is 0 Å². The molecule has 0 saturated carbocycles. The van der Waals surface area contributed by atoms with Gasteiger partial charge in [0.15, 0.2) is 0 Å². The Kier molecular flexibility index (Phi) is 7.52. The van der Waals surface area contributed by atoms with Crippen molar-refractivity contribution in [2.45, 2.75) is 36.1 Å². The first-order valence-electron chi connectivity index (χ1n) is 8.97. The summed E-state index contributed by atoms with van der Waals surface area (Å²) in [4.78, 5) is -0.601. The number of hydrogen-bond acceptors (Lipinski definition) is 5. The molecule has 2 aromatic carbocycles. The summed E-state index contributed by atoms with van der Waals surface area (Å²) in [6, 6.07) is 5.53. The fraction of sp³-hybridized carbons (Fsp3) is 0.368. The van der Waals surface area contributed by atoms with Crippen molar-refractivity contribution in [3.63, 3.8) is 0 Å². The molecule has 164 valence electrons. The lowest BCUT2D eigenvalue weighted by molar-refractivity contribution is 0.0698. The number of halogens is 5. The van der Waals surface area contributed by atoms with Gasteiger partial charge in [-0.15, -0.1) is 0 Å². The number of rotatable bonds is 7. The number of sulfone groups is 1. The van der Waals surface area contributed by atoms with E-state index < -0.39 is 26.3 Å². The zero-order valence-corrected chi connectivity index (χ0v) is 17.8. The zero-order chi connectivity index (χ0) is 21.9. The maximum atomic E-state index is 13.6. The van der Waals surface area contributed by atoms with Gasteiger partial charge in [-0.05, 0) is 37.1 Å². The van der Waals surface area contributed by atoms with E-state index in [2.05, 4.69) is 5.32 Å². The molecule has 30 heavy (non-hydrogen) atoms. The van der Waals surface area contributed by atoms with Crippen molar-refractivity contribution in [2.24, 2.45) is 0 Å². The van der Waals surface area contributed by atoms with Gasteiger partial charge in [-0.1, -0.05) is 23.2 Å². The molecule has 1 unspecified atom stereocenters. The molecule has 0 radical (unpaired) electrons. The largest absolute Gasteiger partial charge is 0.456 e. The normalized spacial score (nSPS) is 17.3. The lowest BCUT2D eigenvalue weighted by atomic mass is 10.1. The van der Waals surface area contributed by atoms with E-state index >= 15 is 0 Å². The molecule has 11 heteroatoms. The van der Waals surface area contributed by atoms with E-state index in [4.69, 9.17) is 32.7 Å². The van der Waals surface area contributed by atoms with Crippen LogP contribution in [0.5, 0.6) is 11.5 Å². The van der Waals surface area contributed by atoms with E-state index in [0.29, 0.717) is 13.2 Å². The smallest absolute Gasteiger partial charge is 0.341 e. The Hall–Kier alpha value is -1.52. The van der Waals surface area contributed by atoms with Crippen LogP contribution in [-0.2, 0) is 21.1 Å². The molecule has 1 fully saturated rings. The first kappa shape index (κ1) is 23.1. The Morgan fingerprint density at radius 3 is 2.63 bits per heavy atom. The zero-order valence-electron chi connectivity index (χ0n) is 15.5. The SMILES string of the molecule is O=S(=O)(c1ccc(Oc2cc(F)cc(Cl)c2)c(Cl)c1CNC1CCCOC1)C(F)F. The first-order valence-corrected chi connectivity index (χ1v) is 11.3. The summed E-state index contributed by atoms with van der Waals surface area (Å²) in [5, 5.41) is 2.99. The average Bonchev–Trinajstić information content (AvgIpc) is 2.68. The molecular formula is C19H18Cl2F3NO4S. The van der Waals surface area contributed by atoms with Crippen molar-refractivity contribution in [1.29, 1.82) is 0 Å². The molecule has 0 spiro atoms. The number of ether oxygens (including phenoxy) is 2. The molecule has 1 heterocycles. The molecular weight excluding hydrogens is 466 g/mol. The van der Waals surface area contributed by atoms with Gasteiger partial charge < -0.3 is 14.8 Å². The third-order valence-electron chi connectivity index (χ3n) is 4.50. The van der Waals surface area contributed by atoms with Crippen molar-refractivity contribution in [2.75, 3.05) is 13.2 Å². The minimum Gasteiger partial charge on any atom is -0.456 e. The van der Waals surface area contributed by atoms with Crippen molar-refractivity contribution >= 4 is 33.0 Å². The van der Waals surface area contributed by atoms with Crippen molar-refractivity contribution in [3.8, 4) is 11.5 Å². The van der Waals surface area contributed by atoms with E-state index in [-0.39, 0.29) is 39.7 Å². The van der Waals surface area contributed by atoms with Gasteiger partial charge in [0, 0.05) is 35.8 Å². The van der Waals surface area contributed by atoms with Crippen LogP contribution in [0.4, 0.5) is 13.2 Å². The molecule has 0 aliphatic carbocycles. The van der Waals surface area contributed by atoms with Gasteiger partial charge in [0.25, 0.3) is 0 Å². The predicted octanol–water partition coefficient (Wildman–Crippen LogP) is 5.19. The topological polar surface area (TPSA) is 64.6 Å². The van der Waals surface area contributed by atoms with Gasteiger partial charge in [0.1, 0.15) is 17.3 Å². The lowest BCUT2D eigenvalue weighted by Crippen LogP contribution is -2.36. The third-order valence-corrected chi connectivity index (χ3v) is 6.59. The standard InChI is InChI=1S/C19H18Cl2F3NO4S/c20-11-6-12(22)8-14(7-11)29-16-3-4-17(30(26,27)19(23)24)15(18(16)21)9-25-13-2-1-5-28-10-13/h3-4,6-8,13,19,25H,1-2,5,9-10H2. The highest BCUT2D eigenvalue weighted by atomic mass is 35.5. The van der Waals surface area contributed by atoms with E-state index in [1.54, 1.807) is 0 Å². The molecule has 1 atom stereocenters. The second kappa shape index (κ2) is 9.74. The quantitative estimate of drug-likeness (QED) is 0.586. The van der Waals surface area contributed by atoms with Crippen LogP contribution in [0, 0.1) is 5.82 Å². The highest BCUT2D eigenvalue weighted by molar-refractivity contribution is 7.91. The number of alkyl halides is 2. The summed E-state index contributed by atoms with van der Waals surface area (Å²) < 4.78 is 75.1. The second-order valence-corrected chi connectivity index (χ2v) is 9.36. The molecule has 2 aromatic rings. The summed E-state index contributed by atoms with van der Waals surface area (Å²) in [6.07, 6.45) is 1.60. The molecule has 1 saturated heterocycles. The third kappa shape index (κ3) is 5.39. The van der Waals surface area contributed by atoms with Gasteiger partial charge in [-0.3, -0.25) is 0 Å². The summed E-state index contributed by atoms with van der Waals surface area (Å²) in [5.74, 6) is -4.27. The fourth-order valence-electron chi connectivity index (χ4n) is 3.05. The summed E-state index contributed by atoms with van der Waals surface area (Å²) in [6.45, 7) is 0.936. The Morgan fingerprint density at radius 2 is 2.00 bits per heavy atom. The van der Waals surface area contributed by atoms with Crippen LogP contribution in [0.2, 0.25) is 10.0 Å². The van der Waals surface area contributed by atoms with Crippen molar-refractivity contribution < 1.29 is 31.1 Å². The first-order chi connectivity index (χ1) is 14.2. The Morgan fingerprint density at radius 1 is 1.23 bits per heavy atom. The number of benzene rings is 2. The molecule has 0 amide bonds. The van der Waals surface area contributed by atoms with Crippen LogP contribution in [0.25, 0.3) is 0 Å². The highest BCUT2D eigenvalue weighted by Gasteiger charge is 2.31. The van der Waals surface area contributed by atoms with Gasteiger partial charge >= 0.3 is 5.76 Å². The van der Waals surface area contributed by atoms with Crippen LogP contribution in [0.1, 0.15) is 18.4 Å². The van der Waals surface area contributed by atoms with Crippen molar-refractivity contribution in [1.82, 2.24) is 5.32 Å². The Labute approximate surface area is 182 Å². The summed E-state index contributed by atoms with van der Waals surface area (Å²) in [5.41, 5.74) is -0.0671. The van der Waals surface area contributed by atoms with E-state index in [1.807, 2.05) is 0 Å². The highest BCUT2D eigenvalue weighted by Crippen LogP contribution is 2.38. The molecule has 1 aliphatic rings. The lowest BCUT2D eigenvalue weighted by Gasteiger charge is -2.24. The van der Waals surface area contributed by atoms with Gasteiger partial charge in [-0.25, -0.2) is 12.8 Å². The second-order valence-electron chi connectivity index (χ2n) is 6.66. The maximum absolute atomic E-state index is 13.6. The molecule has 3 rings (SSSR count). The van der Waals surface area contributed by atoms with Crippen LogP contribution in [-0.4, -0.2) is 33.4 Å².